The maximum Gasteiger partial charge on any atom is 0.412 e. The summed E-state index contributed by atoms with van der Waals surface area (Å²) in [6.07, 6.45) is -3.12. The molecule has 2 aromatic carbocycles. The average molecular weight is 262 g/mol. The van der Waals surface area contributed by atoms with Crippen molar-refractivity contribution in [2.45, 2.75) is 13.1 Å². The number of benzene rings is 2. The van der Waals surface area contributed by atoms with Crippen molar-refractivity contribution in [1.82, 2.24) is 0 Å². The second-order valence-corrected chi connectivity index (χ2v) is 4.31. The highest BCUT2D eigenvalue weighted by molar-refractivity contribution is 5.66. The molecule has 0 aliphatic heterocycles. The molecule has 3 heteroatoms. The molecule has 0 atom stereocenters. The summed E-state index contributed by atoms with van der Waals surface area (Å²) in [4.78, 5) is 0. The zero-order valence-electron chi connectivity index (χ0n) is 10.4. The van der Waals surface area contributed by atoms with Gasteiger partial charge in [0.2, 0.25) is 0 Å². The SMILES string of the molecule is C/C(=C\c1ccc(-c2ccccc2)cc1)C(F)(F)F. The number of hydrogen-bond donors (Lipinski definition) is 0. The summed E-state index contributed by atoms with van der Waals surface area (Å²) in [6.45, 7) is 1.07. The molecule has 2 rings (SSSR count). The van der Waals surface area contributed by atoms with Gasteiger partial charge in [0.05, 0.1) is 0 Å². The molecule has 2 aromatic rings. The van der Waals surface area contributed by atoms with Crippen molar-refractivity contribution in [3.63, 3.8) is 0 Å². The lowest BCUT2D eigenvalue weighted by atomic mass is 10.0. The van der Waals surface area contributed by atoms with E-state index in [-0.39, 0.29) is 0 Å². The summed E-state index contributed by atoms with van der Waals surface area (Å²) in [5.41, 5.74) is 1.99. The van der Waals surface area contributed by atoms with Crippen LogP contribution in [0.5, 0.6) is 0 Å². The van der Waals surface area contributed by atoms with Crippen molar-refractivity contribution >= 4 is 6.08 Å². The molecule has 0 spiro atoms. The first-order valence-electron chi connectivity index (χ1n) is 5.88. The van der Waals surface area contributed by atoms with Crippen LogP contribution in [0.3, 0.4) is 0 Å². The molecule has 0 saturated heterocycles. The molecular formula is C16H13F3. The third-order valence-corrected chi connectivity index (χ3v) is 2.85. The Morgan fingerprint density at radius 2 is 1.37 bits per heavy atom. The number of alkyl halides is 3. The molecule has 0 fully saturated rings. The van der Waals surface area contributed by atoms with Crippen LogP contribution in [-0.4, -0.2) is 6.18 Å². The Bertz CT molecular complexity index is 563. The van der Waals surface area contributed by atoms with Crippen molar-refractivity contribution < 1.29 is 13.2 Å². The summed E-state index contributed by atoms with van der Waals surface area (Å²) >= 11 is 0. The van der Waals surface area contributed by atoms with E-state index < -0.39 is 11.7 Å². The van der Waals surface area contributed by atoms with Gasteiger partial charge in [-0.25, -0.2) is 0 Å². The van der Waals surface area contributed by atoms with E-state index in [0.29, 0.717) is 5.56 Å². The van der Waals surface area contributed by atoms with Crippen molar-refractivity contribution in [3.8, 4) is 11.1 Å². The maximum atomic E-state index is 12.4. The lowest BCUT2D eigenvalue weighted by Gasteiger charge is -2.07. The Kier molecular flexibility index (Phi) is 3.74. The van der Waals surface area contributed by atoms with Crippen LogP contribution in [0.15, 0.2) is 60.2 Å². The van der Waals surface area contributed by atoms with E-state index in [2.05, 4.69) is 0 Å². The van der Waals surface area contributed by atoms with Gasteiger partial charge in [0, 0.05) is 5.57 Å². The molecule has 0 radical (unpaired) electrons. The van der Waals surface area contributed by atoms with E-state index >= 15 is 0 Å². The summed E-state index contributed by atoms with van der Waals surface area (Å²) < 4.78 is 37.2. The predicted molar refractivity (Wildman–Crippen MR) is 71.6 cm³/mol. The fourth-order valence-corrected chi connectivity index (χ4v) is 1.73. The summed E-state index contributed by atoms with van der Waals surface area (Å²) in [7, 11) is 0. The molecule has 0 N–H and O–H groups in total. The van der Waals surface area contributed by atoms with Crippen LogP contribution in [0.2, 0.25) is 0 Å². The molecule has 0 unspecified atom stereocenters. The number of allylic oxidation sites excluding steroid dienone is 1. The highest BCUT2D eigenvalue weighted by Crippen LogP contribution is 2.27. The van der Waals surface area contributed by atoms with Crippen LogP contribution in [-0.2, 0) is 0 Å². The summed E-state index contributed by atoms with van der Waals surface area (Å²) in [5.74, 6) is 0. The summed E-state index contributed by atoms with van der Waals surface area (Å²) in [5, 5.41) is 0. The van der Waals surface area contributed by atoms with Crippen LogP contribution in [0, 0.1) is 0 Å². The highest BCUT2D eigenvalue weighted by atomic mass is 19.4. The smallest absolute Gasteiger partial charge is 0.166 e. The maximum absolute atomic E-state index is 12.4. The van der Waals surface area contributed by atoms with Crippen molar-refractivity contribution in [3.05, 3.63) is 65.7 Å². The number of halogens is 3. The van der Waals surface area contributed by atoms with E-state index in [1.807, 2.05) is 42.5 Å². The molecule has 98 valence electrons. The molecule has 0 aromatic heterocycles. The van der Waals surface area contributed by atoms with Gasteiger partial charge in [-0.2, -0.15) is 13.2 Å². The van der Waals surface area contributed by atoms with Gasteiger partial charge in [0.15, 0.2) is 0 Å². The number of hydrogen-bond acceptors (Lipinski definition) is 0. The fraction of sp³-hybridized carbons (Fsp3) is 0.125. The summed E-state index contributed by atoms with van der Waals surface area (Å²) in [6, 6.07) is 16.7. The Labute approximate surface area is 110 Å². The topological polar surface area (TPSA) is 0 Å². The highest BCUT2D eigenvalue weighted by Gasteiger charge is 2.29. The van der Waals surface area contributed by atoms with E-state index in [9.17, 15) is 13.2 Å². The minimum absolute atomic E-state index is 0.550. The molecule has 19 heavy (non-hydrogen) atoms. The van der Waals surface area contributed by atoms with Gasteiger partial charge in [-0.15, -0.1) is 0 Å². The first-order valence-corrected chi connectivity index (χ1v) is 5.88. The largest absolute Gasteiger partial charge is 0.412 e. The van der Waals surface area contributed by atoms with Crippen molar-refractivity contribution in [2.75, 3.05) is 0 Å². The monoisotopic (exact) mass is 262 g/mol. The van der Waals surface area contributed by atoms with E-state index in [4.69, 9.17) is 0 Å². The molecule has 0 saturated carbocycles. The Balaban J connectivity index is 2.25. The van der Waals surface area contributed by atoms with Gasteiger partial charge in [-0.3, -0.25) is 0 Å². The normalized spacial score (nSPS) is 12.5. The predicted octanol–water partition coefficient (Wildman–Crippen LogP) is 5.32. The lowest BCUT2D eigenvalue weighted by Crippen LogP contribution is -2.08. The van der Waals surface area contributed by atoms with Gasteiger partial charge in [0.1, 0.15) is 0 Å². The average Bonchev–Trinajstić information content (AvgIpc) is 2.39. The van der Waals surface area contributed by atoms with Gasteiger partial charge < -0.3 is 0 Å². The first kappa shape index (κ1) is 13.4. The zero-order chi connectivity index (χ0) is 13.9. The fourth-order valence-electron chi connectivity index (χ4n) is 1.73. The molecule has 0 nitrogen and oxygen atoms in total. The third kappa shape index (κ3) is 3.47. The minimum atomic E-state index is -4.27. The molecule has 0 aliphatic carbocycles. The molecule has 0 heterocycles. The van der Waals surface area contributed by atoms with Crippen LogP contribution in [0.25, 0.3) is 17.2 Å². The molecule has 0 bridgehead atoms. The van der Waals surface area contributed by atoms with Crippen LogP contribution in [0.1, 0.15) is 12.5 Å². The Morgan fingerprint density at radius 1 is 0.842 bits per heavy atom. The minimum Gasteiger partial charge on any atom is -0.166 e. The van der Waals surface area contributed by atoms with Crippen molar-refractivity contribution in [2.24, 2.45) is 0 Å². The van der Waals surface area contributed by atoms with Crippen LogP contribution >= 0.6 is 0 Å². The van der Waals surface area contributed by atoms with E-state index in [1.54, 1.807) is 12.1 Å². The van der Waals surface area contributed by atoms with Gasteiger partial charge in [-0.1, -0.05) is 54.6 Å². The quantitative estimate of drug-likeness (QED) is 0.687. The zero-order valence-corrected chi connectivity index (χ0v) is 10.4. The van der Waals surface area contributed by atoms with Crippen LogP contribution < -0.4 is 0 Å². The van der Waals surface area contributed by atoms with E-state index in [1.165, 1.54) is 0 Å². The number of rotatable bonds is 2. The second kappa shape index (κ2) is 5.31. The first-order chi connectivity index (χ1) is 8.97. The Morgan fingerprint density at radius 3 is 1.89 bits per heavy atom. The van der Waals surface area contributed by atoms with Gasteiger partial charge in [-0.05, 0) is 29.7 Å². The second-order valence-electron chi connectivity index (χ2n) is 4.31. The molecule has 0 aliphatic rings. The Hall–Kier alpha value is -2.03. The standard InChI is InChI=1S/C16H13F3/c1-12(16(17,18)19)11-13-7-9-15(10-8-13)14-5-3-2-4-6-14/h2-11H,1H3/b12-11+. The van der Waals surface area contributed by atoms with Gasteiger partial charge >= 0.3 is 6.18 Å². The van der Waals surface area contributed by atoms with Crippen molar-refractivity contribution in [1.29, 1.82) is 0 Å². The van der Waals surface area contributed by atoms with Gasteiger partial charge in [0.25, 0.3) is 0 Å². The molecule has 0 amide bonds. The van der Waals surface area contributed by atoms with E-state index in [0.717, 1.165) is 24.1 Å². The molecular weight excluding hydrogens is 249 g/mol. The van der Waals surface area contributed by atoms with Crippen LogP contribution in [0.4, 0.5) is 13.2 Å². The lowest BCUT2D eigenvalue weighted by molar-refractivity contribution is -0.0903. The third-order valence-electron chi connectivity index (χ3n) is 2.85.